The average molecular weight is 231 g/mol. The molecule has 1 aliphatic rings. The van der Waals surface area contributed by atoms with Crippen molar-refractivity contribution in [2.45, 2.75) is 19.2 Å². The van der Waals surface area contributed by atoms with Gasteiger partial charge in [-0.25, -0.2) is 0 Å². The zero-order valence-corrected chi connectivity index (χ0v) is 8.38. The van der Waals surface area contributed by atoms with Crippen LogP contribution in [0.5, 0.6) is 11.5 Å². The van der Waals surface area contributed by atoms with Gasteiger partial charge in [-0.05, 0) is 37.0 Å². The van der Waals surface area contributed by atoms with Gasteiger partial charge in [-0.3, -0.25) is 0 Å². The summed E-state index contributed by atoms with van der Waals surface area (Å²) in [5, 5.41) is 0. The molecular weight excluding hydrogens is 221 g/mol. The fraction of sp³-hybridized carbons (Fsp3) is 0.455. The van der Waals surface area contributed by atoms with E-state index in [2.05, 4.69) is 10.8 Å². The van der Waals surface area contributed by atoms with E-state index in [1.807, 2.05) is 0 Å². The van der Waals surface area contributed by atoms with Gasteiger partial charge in [0, 0.05) is 0 Å². The fourth-order valence-electron chi connectivity index (χ4n) is 1.22. The van der Waals surface area contributed by atoms with Gasteiger partial charge in [0.05, 0.1) is 6.61 Å². The van der Waals surface area contributed by atoms with Gasteiger partial charge in [0.1, 0.15) is 0 Å². The third-order valence-corrected chi connectivity index (χ3v) is 2.19. The quantitative estimate of drug-likeness (QED) is 0.792. The van der Waals surface area contributed by atoms with E-state index in [0.717, 1.165) is 18.9 Å². The number of alkyl halides is 3. The van der Waals surface area contributed by atoms with Crippen LogP contribution in [0.15, 0.2) is 18.2 Å². The minimum Gasteiger partial charge on any atom is -0.489 e. The van der Waals surface area contributed by atoms with Gasteiger partial charge < -0.3 is 9.47 Å². The second kappa shape index (κ2) is 4.23. The number of benzene rings is 1. The number of ether oxygens (including phenoxy) is 2. The second-order valence-electron chi connectivity index (χ2n) is 3.68. The largest absolute Gasteiger partial charge is 0.573 e. The first-order valence-corrected chi connectivity index (χ1v) is 4.93. The van der Waals surface area contributed by atoms with Crippen LogP contribution in [0.2, 0.25) is 0 Å². The smallest absolute Gasteiger partial charge is 0.489 e. The van der Waals surface area contributed by atoms with Crippen molar-refractivity contribution in [1.82, 2.24) is 0 Å². The highest BCUT2D eigenvalue weighted by Gasteiger charge is 2.32. The van der Waals surface area contributed by atoms with Crippen LogP contribution in [-0.4, -0.2) is 13.0 Å². The summed E-state index contributed by atoms with van der Waals surface area (Å²) in [7, 11) is 0. The van der Waals surface area contributed by atoms with Crippen LogP contribution >= 0.6 is 0 Å². The molecule has 2 nitrogen and oxygen atoms in total. The number of halogens is 3. The van der Waals surface area contributed by atoms with Crippen LogP contribution in [0, 0.1) is 12.0 Å². The predicted molar refractivity (Wildman–Crippen MR) is 50.2 cm³/mol. The van der Waals surface area contributed by atoms with Crippen molar-refractivity contribution in [2.24, 2.45) is 5.92 Å². The number of rotatable bonds is 4. The molecule has 1 saturated carbocycles. The molecule has 87 valence electrons. The van der Waals surface area contributed by atoms with Crippen molar-refractivity contribution in [3.05, 3.63) is 24.3 Å². The Morgan fingerprint density at radius 2 is 2.06 bits per heavy atom. The minimum absolute atomic E-state index is 0.114. The van der Waals surface area contributed by atoms with Crippen molar-refractivity contribution >= 4 is 0 Å². The summed E-state index contributed by atoms with van der Waals surface area (Å²) >= 11 is 0. The Morgan fingerprint density at radius 1 is 1.31 bits per heavy atom. The molecule has 2 rings (SSSR count). The first-order chi connectivity index (χ1) is 7.54. The van der Waals surface area contributed by atoms with Gasteiger partial charge in [0.2, 0.25) is 0 Å². The van der Waals surface area contributed by atoms with E-state index in [1.165, 1.54) is 12.1 Å². The summed E-state index contributed by atoms with van der Waals surface area (Å²) in [5.41, 5.74) is 0. The molecule has 16 heavy (non-hydrogen) atoms. The molecule has 0 spiro atoms. The Labute approximate surface area is 91.0 Å². The van der Waals surface area contributed by atoms with Crippen LogP contribution in [0.3, 0.4) is 0 Å². The fourth-order valence-corrected chi connectivity index (χ4v) is 1.22. The molecule has 0 amide bonds. The minimum atomic E-state index is -4.70. The Morgan fingerprint density at radius 3 is 2.69 bits per heavy atom. The summed E-state index contributed by atoms with van der Waals surface area (Å²) < 4.78 is 45.2. The zero-order valence-electron chi connectivity index (χ0n) is 8.38. The monoisotopic (exact) mass is 231 g/mol. The summed E-state index contributed by atoms with van der Waals surface area (Å²) in [6, 6.07) is 6.55. The normalized spacial score (nSPS) is 15.9. The predicted octanol–water partition coefficient (Wildman–Crippen LogP) is 3.17. The van der Waals surface area contributed by atoms with Crippen LogP contribution < -0.4 is 9.47 Å². The lowest BCUT2D eigenvalue weighted by Gasteiger charge is -2.13. The molecule has 0 N–H and O–H groups in total. The van der Waals surface area contributed by atoms with E-state index in [9.17, 15) is 13.2 Å². The highest BCUT2D eigenvalue weighted by molar-refractivity contribution is 5.39. The highest BCUT2D eigenvalue weighted by Crippen LogP contribution is 2.34. The van der Waals surface area contributed by atoms with Gasteiger partial charge in [0.25, 0.3) is 0 Å². The molecule has 1 aliphatic carbocycles. The van der Waals surface area contributed by atoms with Gasteiger partial charge in [-0.1, -0.05) is 6.07 Å². The van der Waals surface area contributed by atoms with Crippen molar-refractivity contribution in [2.75, 3.05) is 6.61 Å². The Hall–Kier alpha value is -1.39. The van der Waals surface area contributed by atoms with Crippen LogP contribution in [0.4, 0.5) is 13.2 Å². The summed E-state index contributed by atoms with van der Waals surface area (Å²) in [5.74, 6) is 0.251. The van der Waals surface area contributed by atoms with Gasteiger partial charge in [-0.2, -0.15) is 0 Å². The standard InChI is InChI=1S/C11H10F3O2/c12-11(13,14)16-10-4-2-1-3-9(10)15-7-8-5-6-8/h1,3-4,8H,5-7H2. The Bertz CT molecular complexity index is 358. The van der Waals surface area contributed by atoms with Crippen molar-refractivity contribution in [3.63, 3.8) is 0 Å². The number of hydrogen-bond acceptors (Lipinski definition) is 2. The maximum Gasteiger partial charge on any atom is 0.573 e. The van der Waals surface area contributed by atoms with Gasteiger partial charge >= 0.3 is 6.36 Å². The Balaban J connectivity index is 2.03. The first kappa shape index (κ1) is 11.1. The molecule has 0 aromatic heterocycles. The van der Waals surface area contributed by atoms with E-state index < -0.39 is 6.36 Å². The van der Waals surface area contributed by atoms with E-state index in [4.69, 9.17) is 4.74 Å². The third-order valence-electron chi connectivity index (χ3n) is 2.19. The highest BCUT2D eigenvalue weighted by atomic mass is 19.4. The lowest BCUT2D eigenvalue weighted by Crippen LogP contribution is -2.17. The topological polar surface area (TPSA) is 18.5 Å². The molecule has 1 aromatic rings. The molecule has 0 unspecified atom stereocenters. The lowest BCUT2D eigenvalue weighted by molar-refractivity contribution is -0.275. The van der Waals surface area contributed by atoms with Crippen molar-refractivity contribution in [1.29, 1.82) is 0 Å². The van der Waals surface area contributed by atoms with Gasteiger partial charge in [-0.15, -0.1) is 13.2 Å². The molecule has 0 bridgehead atoms. The first-order valence-electron chi connectivity index (χ1n) is 4.93. The van der Waals surface area contributed by atoms with E-state index >= 15 is 0 Å². The maximum absolute atomic E-state index is 12.0. The summed E-state index contributed by atoms with van der Waals surface area (Å²) in [4.78, 5) is 0. The van der Waals surface area contributed by atoms with Crippen molar-refractivity contribution in [3.8, 4) is 11.5 Å². The van der Waals surface area contributed by atoms with E-state index in [1.54, 1.807) is 0 Å². The molecule has 0 saturated heterocycles. The lowest BCUT2D eigenvalue weighted by atomic mass is 10.3. The molecule has 0 heterocycles. The van der Waals surface area contributed by atoms with Crippen LogP contribution in [0.1, 0.15) is 12.8 Å². The molecule has 0 atom stereocenters. The summed E-state index contributed by atoms with van der Waals surface area (Å²) in [6.45, 7) is 0.443. The average Bonchev–Trinajstić information content (AvgIpc) is 2.98. The van der Waals surface area contributed by atoms with Crippen LogP contribution in [-0.2, 0) is 0 Å². The molecular formula is C11H10F3O2. The zero-order chi connectivity index (χ0) is 11.6. The Kier molecular flexibility index (Phi) is 2.94. The van der Waals surface area contributed by atoms with E-state index in [0.29, 0.717) is 12.5 Å². The molecule has 5 heteroatoms. The number of hydrogen-bond donors (Lipinski definition) is 0. The molecule has 0 aliphatic heterocycles. The second-order valence-corrected chi connectivity index (χ2v) is 3.68. The summed E-state index contributed by atoms with van der Waals surface area (Å²) in [6.07, 6.45) is -2.55. The van der Waals surface area contributed by atoms with E-state index in [-0.39, 0.29) is 11.5 Å². The molecule has 1 fully saturated rings. The van der Waals surface area contributed by atoms with Gasteiger partial charge in [0.15, 0.2) is 11.5 Å². The molecule has 1 aromatic carbocycles. The molecule has 1 radical (unpaired) electrons. The SMILES string of the molecule is FC(F)(F)Oc1c[c]ccc1OCC1CC1. The van der Waals surface area contributed by atoms with Crippen LogP contribution in [0.25, 0.3) is 0 Å². The maximum atomic E-state index is 12.0. The van der Waals surface area contributed by atoms with Crippen molar-refractivity contribution < 1.29 is 22.6 Å². The third kappa shape index (κ3) is 3.32.